The second kappa shape index (κ2) is 11.6. The van der Waals surface area contributed by atoms with Crippen molar-refractivity contribution in [2.24, 2.45) is 11.6 Å². The summed E-state index contributed by atoms with van der Waals surface area (Å²) in [5, 5.41) is 20.0. The Labute approximate surface area is 215 Å². The molecule has 1 saturated heterocycles. The molecule has 8 N–H and O–H groups in total. The molecule has 1 aliphatic rings. The van der Waals surface area contributed by atoms with E-state index in [2.05, 4.69) is 0 Å². The summed E-state index contributed by atoms with van der Waals surface area (Å²) in [6.07, 6.45) is 2.89. The number of anilines is 2. The number of ether oxygens (including phenoxy) is 2. The molecule has 1 amide bonds. The summed E-state index contributed by atoms with van der Waals surface area (Å²) in [6, 6.07) is 8.71. The second-order valence-electron chi connectivity index (χ2n) is 9.43. The van der Waals surface area contributed by atoms with E-state index in [9.17, 15) is 14.3 Å². The van der Waals surface area contributed by atoms with Crippen LogP contribution in [0.2, 0.25) is 0 Å². The summed E-state index contributed by atoms with van der Waals surface area (Å²) in [5.41, 5.74) is 12.0. The quantitative estimate of drug-likeness (QED) is 0.106. The van der Waals surface area contributed by atoms with Crippen molar-refractivity contribution in [1.29, 1.82) is 5.41 Å². The van der Waals surface area contributed by atoms with Crippen molar-refractivity contribution >= 4 is 23.0 Å². The number of rotatable bonds is 10. The Bertz CT molecular complexity index is 1160. The van der Waals surface area contributed by atoms with Crippen molar-refractivity contribution in [2.45, 2.75) is 38.3 Å². The van der Waals surface area contributed by atoms with Gasteiger partial charge in [-0.2, -0.15) is 0 Å². The van der Waals surface area contributed by atoms with E-state index in [4.69, 9.17) is 32.2 Å². The Balaban J connectivity index is 1.72. The van der Waals surface area contributed by atoms with Crippen LogP contribution in [-0.2, 0) is 4.74 Å². The van der Waals surface area contributed by atoms with Gasteiger partial charge in [0.25, 0.3) is 5.91 Å². The summed E-state index contributed by atoms with van der Waals surface area (Å²) in [7, 11) is 1.50. The molecule has 11 heteroatoms. The summed E-state index contributed by atoms with van der Waals surface area (Å²) in [5.74, 6) is 5.21. The summed E-state index contributed by atoms with van der Waals surface area (Å²) in [6.45, 7) is 4.44. The second-order valence-corrected chi connectivity index (χ2v) is 9.43. The third-order valence-corrected chi connectivity index (χ3v) is 6.23. The molecule has 0 bridgehead atoms. The highest BCUT2D eigenvalue weighted by Gasteiger charge is 2.38. The van der Waals surface area contributed by atoms with Crippen molar-refractivity contribution < 1.29 is 23.8 Å². The van der Waals surface area contributed by atoms with Crippen molar-refractivity contribution in [1.82, 2.24) is 4.90 Å². The highest BCUT2D eigenvalue weighted by Crippen LogP contribution is 2.29. The highest BCUT2D eigenvalue weighted by atomic mass is 19.1. The molecule has 1 aliphatic heterocycles. The number of benzene rings is 2. The lowest BCUT2D eigenvalue weighted by atomic mass is 9.96. The molecule has 10 nitrogen and oxygen atoms in total. The van der Waals surface area contributed by atoms with Crippen molar-refractivity contribution in [2.75, 3.05) is 37.6 Å². The third-order valence-electron chi connectivity index (χ3n) is 6.23. The lowest BCUT2D eigenvalue weighted by molar-refractivity contribution is 0.000337. The molecule has 1 heterocycles. The smallest absolute Gasteiger partial charge is 0.254 e. The monoisotopic (exact) mass is 514 g/mol. The molecule has 0 spiro atoms. The van der Waals surface area contributed by atoms with Crippen molar-refractivity contribution in [3.63, 3.8) is 0 Å². The molecular weight excluding hydrogens is 479 g/mol. The van der Waals surface area contributed by atoms with Gasteiger partial charge < -0.3 is 30.9 Å². The summed E-state index contributed by atoms with van der Waals surface area (Å²) >= 11 is 0. The Morgan fingerprint density at radius 1 is 1.30 bits per heavy atom. The fourth-order valence-electron chi connectivity index (χ4n) is 4.26. The van der Waals surface area contributed by atoms with Crippen LogP contribution < -0.4 is 27.1 Å². The molecule has 3 rings (SSSR count). The maximum atomic E-state index is 14.5. The van der Waals surface area contributed by atoms with Crippen molar-refractivity contribution in [3.05, 3.63) is 65.2 Å². The van der Waals surface area contributed by atoms with E-state index in [-0.39, 0.29) is 53.6 Å². The zero-order valence-corrected chi connectivity index (χ0v) is 21.3. The lowest BCUT2D eigenvalue weighted by Crippen LogP contribution is -2.48. The summed E-state index contributed by atoms with van der Waals surface area (Å²) < 4.78 is 24.6. The first-order valence-electron chi connectivity index (χ1n) is 11.9. The number of nitrogens with one attached hydrogen (secondary N) is 1. The van der Waals surface area contributed by atoms with E-state index < -0.39 is 11.4 Å². The average Bonchev–Trinajstić information content (AvgIpc) is 3.36. The van der Waals surface area contributed by atoms with E-state index in [1.54, 1.807) is 43.0 Å². The number of hydrazine groups is 1. The minimum absolute atomic E-state index is 0.0492. The van der Waals surface area contributed by atoms with Crippen LogP contribution >= 0.6 is 0 Å². The Morgan fingerprint density at radius 2 is 1.97 bits per heavy atom. The fourth-order valence-corrected chi connectivity index (χ4v) is 4.26. The minimum Gasteiger partial charge on any atom is -0.488 e. The molecule has 0 radical (unpaired) electrons. The number of nitrogen functional groups attached to an aromatic ring is 1. The first kappa shape index (κ1) is 27.9. The zero-order valence-electron chi connectivity index (χ0n) is 21.3. The van der Waals surface area contributed by atoms with Crippen LogP contribution in [0.15, 0.2) is 48.3 Å². The third kappa shape index (κ3) is 6.56. The number of methoxy groups -OCH3 is 1. The number of likely N-dealkylation sites (tertiary alicyclic amines) is 1. The highest BCUT2D eigenvalue weighted by molar-refractivity contribution is 6.13. The normalized spacial score (nSPS) is 16.1. The van der Waals surface area contributed by atoms with E-state index in [0.29, 0.717) is 17.8 Å². The van der Waals surface area contributed by atoms with Crippen LogP contribution in [0.5, 0.6) is 5.75 Å². The molecule has 1 fully saturated rings. The van der Waals surface area contributed by atoms with Crippen LogP contribution in [0.3, 0.4) is 0 Å². The molecule has 37 heavy (non-hydrogen) atoms. The van der Waals surface area contributed by atoms with Gasteiger partial charge in [0.05, 0.1) is 35.3 Å². The van der Waals surface area contributed by atoms with Gasteiger partial charge in [0.2, 0.25) is 0 Å². The number of amides is 1. The van der Waals surface area contributed by atoms with Crippen LogP contribution in [-0.4, -0.2) is 60.1 Å². The lowest BCUT2D eigenvalue weighted by Gasteiger charge is -2.33. The SMILES string of the molecule is COCCOc1cc(N)c(C(=N)/C(N)=C/N(N)c2ccc(C(=O)N3CCC[C@H]3C(C)(C)O)cc2)cc1F. The molecule has 0 saturated carbocycles. The van der Waals surface area contributed by atoms with Gasteiger partial charge in [0.15, 0.2) is 11.6 Å². The molecular formula is C26H35FN6O4. The predicted octanol–water partition coefficient (Wildman–Crippen LogP) is 2.36. The summed E-state index contributed by atoms with van der Waals surface area (Å²) in [4.78, 5) is 14.7. The van der Waals surface area contributed by atoms with Gasteiger partial charge in [0, 0.05) is 42.7 Å². The number of hydrogen-bond acceptors (Lipinski definition) is 9. The maximum Gasteiger partial charge on any atom is 0.254 e. The number of halogens is 1. The fraction of sp³-hybridized carbons (Fsp3) is 0.385. The van der Waals surface area contributed by atoms with Gasteiger partial charge in [-0.15, -0.1) is 0 Å². The number of aliphatic hydroxyl groups is 1. The Morgan fingerprint density at radius 3 is 2.59 bits per heavy atom. The molecule has 2 aromatic carbocycles. The molecule has 0 aromatic heterocycles. The predicted molar refractivity (Wildman–Crippen MR) is 141 cm³/mol. The number of carbonyl (C=O) groups is 1. The van der Waals surface area contributed by atoms with Crippen LogP contribution in [0.1, 0.15) is 42.6 Å². The van der Waals surface area contributed by atoms with Gasteiger partial charge in [-0.1, -0.05) is 0 Å². The first-order chi connectivity index (χ1) is 17.4. The molecule has 1 atom stereocenters. The molecule has 0 aliphatic carbocycles. The van der Waals surface area contributed by atoms with E-state index >= 15 is 0 Å². The number of allylic oxidation sites excluding steroid dienone is 1. The number of nitrogens with two attached hydrogens (primary N) is 3. The number of nitrogens with zero attached hydrogens (tertiary/aromatic N) is 2. The van der Waals surface area contributed by atoms with E-state index in [1.165, 1.54) is 24.4 Å². The number of hydrogen-bond donors (Lipinski definition) is 5. The average molecular weight is 515 g/mol. The Kier molecular flexibility index (Phi) is 8.74. The van der Waals surface area contributed by atoms with Crippen LogP contribution in [0, 0.1) is 11.2 Å². The van der Waals surface area contributed by atoms with Crippen LogP contribution in [0.4, 0.5) is 15.8 Å². The topological polar surface area (TPSA) is 164 Å². The standard InChI is InChI=1S/C26H35FN6O4/c1-26(2,35)23-5-4-10-32(23)25(34)16-6-8-17(9-7-16)33(31)15-21(29)24(30)18-13-19(27)22(14-20(18)28)37-12-11-36-3/h6-9,13-15,23,30,35H,4-5,10-12,28-29,31H2,1-3H3/b21-15-,30-24?/t23-/m0/s1. The van der Waals surface area contributed by atoms with Gasteiger partial charge in [-0.25, -0.2) is 10.2 Å². The van der Waals surface area contributed by atoms with Crippen molar-refractivity contribution in [3.8, 4) is 5.75 Å². The Hall–Kier alpha value is -3.67. The van der Waals surface area contributed by atoms with E-state index in [1.807, 2.05) is 0 Å². The molecule has 0 unspecified atom stereocenters. The molecule has 2 aromatic rings. The van der Waals surface area contributed by atoms with Gasteiger partial charge in [-0.3, -0.25) is 15.2 Å². The maximum absolute atomic E-state index is 14.5. The zero-order chi connectivity index (χ0) is 27.3. The minimum atomic E-state index is -0.989. The first-order valence-corrected chi connectivity index (χ1v) is 11.9. The van der Waals surface area contributed by atoms with Crippen LogP contribution in [0.25, 0.3) is 0 Å². The largest absolute Gasteiger partial charge is 0.488 e. The molecule has 200 valence electrons. The van der Waals surface area contributed by atoms with Gasteiger partial charge in [-0.05, 0) is 57.0 Å². The number of carbonyl (C=O) groups excluding carboxylic acids is 1. The van der Waals surface area contributed by atoms with Gasteiger partial charge >= 0.3 is 0 Å². The van der Waals surface area contributed by atoms with Gasteiger partial charge in [0.1, 0.15) is 6.61 Å². The van der Waals surface area contributed by atoms with E-state index in [0.717, 1.165) is 18.9 Å².